The van der Waals surface area contributed by atoms with Crippen LogP contribution in [0.25, 0.3) is 0 Å². The van der Waals surface area contributed by atoms with Gasteiger partial charge in [-0.2, -0.15) is 0 Å². The zero-order valence-electron chi connectivity index (χ0n) is 15.3. The molecule has 1 fully saturated rings. The summed E-state index contributed by atoms with van der Waals surface area (Å²) in [7, 11) is -3.14. The summed E-state index contributed by atoms with van der Waals surface area (Å²) in [5, 5.41) is 0. The second-order valence-electron chi connectivity index (χ2n) is 7.38. The Labute approximate surface area is 141 Å². The maximum absolute atomic E-state index is 12.6. The molecular formula is C16H33N3O3S. The Morgan fingerprint density at radius 1 is 1.00 bits per heavy atom. The van der Waals surface area contributed by atoms with Crippen molar-refractivity contribution in [1.82, 2.24) is 14.1 Å². The average Bonchev–Trinajstić information content (AvgIpc) is 2.62. The SMILES string of the molecule is CC(C)CN(CC(C)C)C(=O)CN1CCCN(S(C)(=O)=O)CC1. The molecule has 0 aliphatic carbocycles. The molecule has 1 heterocycles. The predicted octanol–water partition coefficient (Wildman–Crippen LogP) is 1.09. The molecule has 1 aliphatic rings. The van der Waals surface area contributed by atoms with Gasteiger partial charge in [0.25, 0.3) is 0 Å². The molecule has 1 amide bonds. The number of carbonyl (C=O) groups is 1. The lowest BCUT2D eigenvalue weighted by atomic mass is 10.1. The van der Waals surface area contributed by atoms with Gasteiger partial charge in [-0.1, -0.05) is 27.7 Å². The average molecular weight is 348 g/mol. The van der Waals surface area contributed by atoms with Crippen LogP contribution in [-0.2, 0) is 14.8 Å². The van der Waals surface area contributed by atoms with E-state index < -0.39 is 10.0 Å². The van der Waals surface area contributed by atoms with Gasteiger partial charge in [0.2, 0.25) is 15.9 Å². The number of hydrogen-bond acceptors (Lipinski definition) is 4. The summed E-state index contributed by atoms with van der Waals surface area (Å²) in [6, 6.07) is 0. The van der Waals surface area contributed by atoms with Crippen molar-refractivity contribution in [2.75, 3.05) is 52.1 Å². The summed E-state index contributed by atoms with van der Waals surface area (Å²) < 4.78 is 24.8. The highest BCUT2D eigenvalue weighted by Gasteiger charge is 2.24. The molecule has 0 spiro atoms. The quantitative estimate of drug-likeness (QED) is 0.692. The summed E-state index contributed by atoms with van der Waals surface area (Å²) in [5.74, 6) is 1.05. The van der Waals surface area contributed by atoms with E-state index in [2.05, 4.69) is 32.6 Å². The van der Waals surface area contributed by atoms with Crippen LogP contribution >= 0.6 is 0 Å². The Balaban J connectivity index is 2.60. The molecule has 1 aliphatic heterocycles. The van der Waals surface area contributed by atoms with Crippen molar-refractivity contribution in [2.24, 2.45) is 11.8 Å². The van der Waals surface area contributed by atoms with Crippen LogP contribution in [0.1, 0.15) is 34.1 Å². The first-order valence-electron chi connectivity index (χ1n) is 8.54. The van der Waals surface area contributed by atoms with Crippen molar-refractivity contribution >= 4 is 15.9 Å². The molecule has 1 saturated heterocycles. The van der Waals surface area contributed by atoms with E-state index in [0.717, 1.165) is 26.1 Å². The Morgan fingerprint density at radius 2 is 1.57 bits per heavy atom. The van der Waals surface area contributed by atoms with E-state index >= 15 is 0 Å². The smallest absolute Gasteiger partial charge is 0.236 e. The first kappa shape index (κ1) is 20.4. The number of hydrogen-bond donors (Lipinski definition) is 0. The van der Waals surface area contributed by atoms with Gasteiger partial charge in [-0.3, -0.25) is 9.69 Å². The lowest BCUT2D eigenvalue weighted by Gasteiger charge is -2.29. The third-order valence-corrected chi connectivity index (χ3v) is 5.20. The topological polar surface area (TPSA) is 60.9 Å². The minimum Gasteiger partial charge on any atom is -0.341 e. The van der Waals surface area contributed by atoms with Gasteiger partial charge in [0.15, 0.2) is 0 Å². The van der Waals surface area contributed by atoms with Crippen LogP contribution in [0.3, 0.4) is 0 Å². The van der Waals surface area contributed by atoms with Crippen LogP contribution in [0.5, 0.6) is 0 Å². The Morgan fingerprint density at radius 3 is 2.04 bits per heavy atom. The number of amides is 1. The molecule has 0 bridgehead atoms. The summed E-state index contributed by atoms with van der Waals surface area (Å²) in [6.07, 6.45) is 2.02. The molecule has 136 valence electrons. The molecule has 0 atom stereocenters. The van der Waals surface area contributed by atoms with Crippen molar-refractivity contribution in [3.05, 3.63) is 0 Å². The zero-order chi connectivity index (χ0) is 17.6. The number of nitrogens with zero attached hydrogens (tertiary/aromatic N) is 3. The van der Waals surface area contributed by atoms with Gasteiger partial charge < -0.3 is 4.90 Å². The maximum atomic E-state index is 12.6. The molecule has 6 nitrogen and oxygen atoms in total. The van der Waals surface area contributed by atoms with Gasteiger partial charge in [0.05, 0.1) is 12.8 Å². The Bertz CT molecular complexity index is 467. The van der Waals surface area contributed by atoms with Crippen molar-refractivity contribution < 1.29 is 13.2 Å². The fraction of sp³-hybridized carbons (Fsp3) is 0.938. The molecule has 0 aromatic heterocycles. The minimum absolute atomic E-state index is 0.153. The maximum Gasteiger partial charge on any atom is 0.236 e. The normalized spacial score (nSPS) is 18.4. The summed E-state index contributed by atoms with van der Waals surface area (Å²) in [5.41, 5.74) is 0. The summed E-state index contributed by atoms with van der Waals surface area (Å²) in [4.78, 5) is 16.7. The summed E-state index contributed by atoms with van der Waals surface area (Å²) >= 11 is 0. The largest absolute Gasteiger partial charge is 0.341 e. The highest BCUT2D eigenvalue weighted by molar-refractivity contribution is 7.88. The van der Waals surface area contributed by atoms with Crippen LogP contribution in [0.2, 0.25) is 0 Å². The predicted molar refractivity (Wildman–Crippen MR) is 93.7 cm³/mol. The van der Waals surface area contributed by atoms with Crippen LogP contribution in [0.4, 0.5) is 0 Å². The van der Waals surface area contributed by atoms with E-state index in [1.165, 1.54) is 10.6 Å². The second kappa shape index (κ2) is 8.99. The second-order valence-corrected chi connectivity index (χ2v) is 9.36. The first-order chi connectivity index (χ1) is 10.6. The van der Waals surface area contributed by atoms with Gasteiger partial charge in [-0.15, -0.1) is 0 Å². The van der Waals surface area contributed by atoms with Crippen molar-refractivity contribution in [2.45, 2.75) is 34.1 Å². The van der Waals surface area contributed by atoms with Crippen LogP contribution in [0.15, 0.2) is 0 Å². The number of sulfonamides is 1. The zero-order valence-corrected chi connectivity index (χ0v) is 16.1. The highest BCUT2D eigenvalue weighted by Crippen LogP contribution is 2.09. The third-order valence-electron chi connectivity index (χ3n) is 3.90. The Kier molecular flexibility index (Phi) is 7.97. The molecule has 23 heavy (non-hydrogen) atoms. The lowest BCUT2D eigenvalue weighted by Crippen LogP contribution is -2.44. The van der Waals surface area contributed by atoms with Gasteiger partial charge in [0.1, 0.15) is 0 Å². The van der Waals surface area contributed by atoms with Crippen molar-refractivity contribution in [3.63, 3.8) is 0 Å². The molecule has 0 aromatic carbocycles. The van der Waals surface area contributed by atoms with E-state index in [4.69, 9.17) is 0 Å². The molecule has 0 saturated carbocycles. The van der Waals surface area contributed by atoms with Gasteiger partial charge in [-0.05, 0) is 24.8 Å². The van der Waals surface area contributed by atoms with Crippen LogP contribution in [-0.4, -0.2) is 80.5 Å². The summed E-state index contributed by atoms with van der Waals surface area (Å²) in [6.45, 7) is 12.8. The fourth-order valence-electron chi connectivity index (χ4n) is 2.89. The minimum atomic E-state index is -3.14. The third kappa shape index (κ3) is 7.63. The highest BCUT2D eigenvalue weighted by atomic mass is 32.2. The molecule has 0 aromatic rings. The molecule has 1 rings (SSSR count). The van der Waals surface area contributed by atoms with Gasteiger partial charge in [-0.25, -0.2) is 12.7 Å². The fourth-order valence-corrected chi connectivity index (χ4v) is 3.76. The number of rotatable bonds is 7. The standard InChI is InChI=1S/C16H33N3O3S/c1-14(2)11-18(12-15(3)4)16(20)13-17-7-6-8-19(10-9-17)23(5,21)22/h14-15H,6-13H2,1-5H3. The van der Waals surface area contributed by atoms with Crippen LogP contribution in [0, 0.1) is 11.8 Å². The monoisotopic (exact) mass is 347 g/mol. The first-order valence-corrected chi connectivity index (χ1v) is 10.4. The van der Waals surface area contributed by atoms with Crippen molar-refractivity contribution in [3.8, 4) is 0 Å². The van der Waals surface area contributed by atoms with E-state index in [1.807, 2.05) is 4.90 Å². The molecule has 0 N–H and O–H groups in total. The molecule has 0 radical (unpaired) electrons. The molecule has 7 heteroatoms. The van der Waals surface area contributed by atoms with Gasteiger partial charge in [0, 0.05) is 32.7 Å². The van der Waals surface area contributed by atoms with Crippen molar-refractivity contribution in [1.29, 1.82) is 0 Å². The van der Waals surface area contributed by atoms with Crippen LogP contribution < -0.4 is 0 Å². The molecule has 0 unspecified atom stereocenters. The van der Waals surface area contributed by atoms with Gasteiger partial charge >= 0.3 is 0 Å². The molecular weight excluding hydrogens is 314 g/mol. The Hall–Kier alpha value is -0.660. The van der Waals surface area contributed by atoms with E-state index in [1.54, 1.807) is 0 Å². The number of carbonyl (C=O) groups excluding carboxylic acids is 1. The lowest BCUT2D eigenvalue weighted by molar-refractivity contribution is -0.133. The van der Waals surface area contributed by atoms with E-state index in [-0.39, 0.29) is 5.91 Å². The van der Waals surface area contributed by atoms with E-state index in [9.17, 15) is 13.2 Å². The van der Waals surface area contributed by atoms with E-state index in [0.29, 0.717) is 38.0 Å².